The van der Waals surface area contributed by atoms with Gasteiger partial charge in [0.2, 0.25) is 0 Å². The number of fused-ring (bicyclic) bond motifs is 1. The van der Waals surface area contributed by atoms with Crippen molar-refractivity contribution in [3.05, 3.63) is 59.2 Å². The molecule has 5 heteroatoms. The summed E-state index contributed by atoms with van der Waals surface area (Å²) in [6.45, 7) is 4.18. The molecule has 0 radical (unpaired) electrons. The Morgan fingerprint density at radius 3 is 2.71 bits per heavy atom. The van der Waals surface area contributed by atoms with E-state index in [1.165, 1.54) is 5.56 Å². The van der Waals surface area contributed by atoms with Crippen LogP contribution in [0.3, 0.4) is 0 Å². The van der Waals surface area contributed by atoms with Crippen molar-refractivity contribution in [2.24, 2.45) is 0 Å². The second-order valence-corrected chi connectivity index (χ2v) is 6.04. The highest BCUT2D eigenvalue weighted by Gasteiger charge is 2.22. The second kappa shape index (κ2) is 6.93. The van der Waals surface area contributed by atoms with Crippen molar-refractivity contribution in [1.82, 2.24) is 4.90 Å². The number of rotatable bonds is 4. The number of methoxy groups -OCH3 is 1. The van der Waals surface area contributed by atoms with E-state index in [0.29, 0.717) is 12.4 Å². The molecule has 0 spiro atoms. The van der Waals surface area contributed by atoms with Crippen LogP contribution in [-0.4, -0.2) is 35.7 Å². The lowest BCUT2D eigenvalue weighted by molar-refractivity contribution is 0.0696. The van der Waals surface area contributed by atoms with E-state index in [1.807, 2.05) is 18.2 Å². The van der Waals surface area contributed by atoms with Crippen molar-refractivity contribution in [3.63, 3.8) is 0 Å². The van der Waals surface area contributed by atoms with Crippen LogP contribution in [0.15, 0.2) is 42.5 Å². The van der Waals surface area contributed by atoms with Gasteiger partial charge in [-0.15, -0.1) is 0 Å². The molecular weight excluding hydrogens is 306 g/mol. The number of carboxylic acids is 1. The number of ether oxygens (including phenoxy) is 2. The van der Waals surface area contributed by atoms with Gasteiger partial charge in [0.1, 0.15) is 18.1 Å². The molecule has 1 N–H and O–H groups in total. The van der Waals surface area contributed by atoms with E-state index < -0.39 is 5.97 Å². The van der Waals surface area contributed by atoms with Crippen LogP contribution in [0.25, 0.3) is 0 Å². The SMILES string of the molecule is COc1ccc(CN2Cc3ccc(C(=O)O)cc3OCC2C)cc1. The predicted molar refractivity (Wildman–Crippen MR) is 90.6 cm³/mol. The summed E-state index contributed by atoms with van der Waals surface area (Å²) in [6, 6.07) is 13.4. The third-order valence-electron chi connectivity index (χ3n) is 4.34. The van der Waals surface area contributed by atoms with Crippen molar-refractivity contribution >= 4 is 5.97 Å². The summed E-state index contributed by atoms with van der Waals surface area (Å²) in [4.78, 5) is 13.4. The third-order valence-corrected chi connectivity index (χ3v) is 4.34. The minimum absolute atomic E-state index is 0.229. The Bertz CT molecular complexity index is 727. The van der Waals surface area contributed by atoms with Gasteiger partial charge in [-0.1, -0.05) is 18.2 Å². The first kappa shape index (κ1) is 16.3. The molecule has 1 aliphatic heterocycles. The molecule has 0 amide bonds. The Hall–Kier alpha value is -2.53. The van der Waals surface area contributed by atoms with Crippen LogP contribution in [0.2, 0.25) is 0 Å². The fourth-order valence-electron chi connectivity index (χ4n) is 2.82. The summed E-state index contributed by atoms with van der Waals surface area (Å²) in [6.07, 6.45) is 0. The Kier molecular flexibility index (Phi) is 4.71. The van der Waals surface area contributed by atoms with Crippen LogP contribution in [0.1, 0.15) is 28.4 Å². The predicted octanol–water partition coefficient (Wildman–Crippen LogP) is 3.18. The highest BCUT2D eigenvalue weighted by Crippen LogP contribution is 2.27. The standard InChI is InChI=1S/C19H21NO4/c1-13-12-24-18-9-15(19(21)22)5-6-16(18)11-20(13)10-14-3-7-17(23-2)8-4-14/h3-9,13H,10-12H2,1-2H3,(H,21,22). The molecular formula is C19H21NO4. The van der Waals surface area contributed by atoms with Gasteiger partial charge in [-0.05, 0) is 36.8 Å². The summed E-state index contributed by atoms with van der Waals surface area (Å²) in [5, 5.41) is 9.12. The molecule has 0 aromatic heterocycles. The monoisotopic (exact) mass is 327 g/mol. The molecule has 2 aromatic carbocycles. The first-order valence-corrected chi connectivity index (χ1v) is 7.93. The molecule has 24 heavy (non-hydrogen) atoms. The Morgan fingerprint density at radius 2 is 2.04 bits per heavy atom. The van der Waals surface area contributed by atoms with Gasteiger partial charge < -0.3 is 14.6 Å². The zero-order chi connectivity index (χ0) is 17.1. The van der Waals surface area contributed by atoms with Crippen molar-refractivity contribution in [3.8, 4) is 11.5 Å². The van der Waals surface area contributed by atoms with Gasteiger partial charge in [-0.25, -0.2) is 4.79 Å². The zero-order valence-corrected chi connectivity index (χ0v) is 13.9. The van der Waals surface area contributed by atoms with E-state index in [2.05, 4.69) is 24.0 Å². The number of hydrogen-bond donors (Lipinski definition) is 1. The Morgan fingerprint density at radius 1 is 1.29 bits per heavy atom. The normalized spacial score (nSPS) is 17.5. The minimum Gasteiger partial charge on any atom is -0.497 e. The summed E-state index contributed by atoms with van der Waals surface area (Å²) in [5.74, 6) is 0.574. The fraction of sp³-hybridized carbons (Fsp3) is 0.316. The van der Waals surface area contributed by atoms with Gasteiger partial charge in [-0.3, -0.25) is 4.90 Å². The molecule has 0 saturated carbocycles. The Balaban J connectivity index is 1.79. The topological polar surface area (TPSA) is 59.0 Å². The number of hydrogen-bond acceptors (Lipinski definition) is 4. The maximum atomic E-state index is 11.1. The lowest BCUT2D eigenvalue weighted by Gasteiger charge is -2.26. The molecule has 1 heterocycles. The third kappa shape index (κ3) is 3.51. The molecule has 1 unspecified atom stereocenters. The summed E-state index contributed by atoms with van der Waals surface area (Å²) in [7, 11) is 1.66. The lowest BCUT2D eigenvalue weighted by Crippen LogP contribution is -2.34. The van der Waals surface area contributed by atoms with E-state index >= 15 is 0 Å². The maximum absolute atomic E-state index is 11.1. The van der Waals surface area contributed by atoms with Gasteiger partial charge in [-0.2, -0.15) is 0 Å². The van der Waals surface area contributed by atoms with Gasteiger partial charge in [0.25, 0.3) is 0 Å². The molecule has 0 saturated heterocycles. The summed E-state index contributed by atoms with van der Waals surface area (Å²) in [5.41, 5.74) is 2.47. The number of nitrogens with zero attached hydrogens (tertiary/aromatic N) is 1. The van der Waals surface area contributed by atoms with Crippen molar-refractivity contribution in [2.45, 2.75) is 26.1 Å². The van der Waals surface area contributed by atoms with E-state index in [1.54, 1.807) is 19.2 Å². The van der Waals surface area contributed by atoms with Crippen LogP contribution >= 0.6 is 0 Å². The van der Waals surface area contributed by atoms with Crippen LogP contribution in [0.4, 0.5) is 0 Å². The van der Waals surface area contributed by atoms with Crippen LogP contribution in [-0.2, 0) is 13.1 Å². The fourth-order valence-corrected chi connectivity index (χ4v) is 2.82. The first-order chi connectivity index (χ1) is 11.6. The quantitative estimate of drug-likeness (QED) is 0.934. The second-order valence-electron chi connectivity index (χ2n) is 6.04. The van der Waals surface area contributed by atoms with Crippen molar-refractivity contribution < 1.29 is 19.4 Å². The molecule has 0 aliphatic carbocycles. The average molecular weight is 327 g/mol. The maximum Gasteiger partial charge on any atom is 0.335 e. The molecule has 2 aromatic rings. The average Bonchev–Trinajstić information content (AvgIpc) is 2.74. The molecule has 3 rings (SSSR count). The van der Waals surface area contributed by atoms with Gasteiger partial charge in [0, 0.05) is 24.7 Å². The highest BCUT2D eigenvalue weighted by molar-refractivity contribution is 5.88. The van der Waals surface area contributed by atoms with Gasteiger partial charge in [0.15, 0.2) is 0 Å². The number of carbonyl (C=O) groups is 1. The van der Waals surface area contributed by atoms with E-state index in [0.717, 1.165) is 24.4 Å². The summed E-state index contributed by atoms with van der Waals surface area (Å²) >= 11 is 0. The highest BCUT2D eigenvalue weighted by atomic mass is 16.5. The van der Waals surface area contributed by atoms with Crippen LogP contribution < -0.4 is 9.47 Å². The van der Waals surface area contributed by atoms with Crippen molar-refractivity contribution in [1.29, 1.82) is 0 Å². The molecule has 1 aliphatic rings. The minimum atomic E-state index is -0.936. The van der Waals surface area contributed by atoms with Crippen molar-refractivity contribution in [2.75, 3.05) is 13.7 Å². The largest absolute Gasteiger partial charge is 0.497 e. The van der Waals surface area contributed by atoms with Gasteiger partial charge >= 0.3 is 5.97 Å². The molecule has 126 valence electrons. The van der Waals surface area contributed by atoms with Crippen LogP contribution in [0.5, 0.6) is 11.5 Å². The summed E-state index contributed by atoms with van der Waals surface area (Å²) < 4.78 is 11.0. The molecule has 1 atom stereocenters. The first-order valence-electron chi connectivity index (χ1n) is 7.93. The zero-order valence-electron chi connectivity index (χ0n) is 13.9. The number of benzene rings is 2. The smallest absolute Gasteiger partial charge is 0.335 e. The lowest BCUT2D eigenvalue weighted by atomic mass is 10.1. The van der Waals surface area contributed by atoms with E-state index in [-0.39, 0.29) is 11.6 Å². The number of carboxylic acid groups (broad SMARTS) is 1. The van der Waals surface area contributed by atoms with Gasteiger partial charge in [0.05, 0.1) is 12.7 Å². The molecule has 0 bridgehead atoms. The van der Waals surface area contributed by atoms with Crippen LogP contribution in [0, 0.1) is 0 Å². The molecule has 5 nitrogen and oxygen atoms in total. The number of aromatic carboxylic acids is 1. The molecule has 0 fully saturated rings. The Labute approximate surface area is 141 Å². The van der Waals surface area contributed by atoms with E-state index in [4.69, 9.17) is 14.6 Å². The van der Waals surface area contributed by atoms with E-state index in [9.17, 15) is 4.79 Å².